The lowest BCUT2D eigenvalue weighted by Crippen LogP contribution is -2.62. The largest absolute Gasteiger partial charge is 0.396 e. The van der Waals surface area contributed by atoms with E-state index >= 15 is 0 Å². The highest BCUT2D eigenvalue weighted by molar-refractivity contribution is 6.02. The van der Waals surface area contributed by atoms with Gasteiger partial charge in [-0.05, 0) is 26.0 Å². The van der Waals surface area contributed by atoms with Crippen molar-refractivity contribution in [1.29, 1.82) is 0 Å². The van der Waals surface area contributed by atoms with Gasteiger partial charge in [-0.15, -0.1) is 0 Å². The summed E-state index contributed by atoms with van der Waals surface area (Å²) in [5.41, 5.74) is 11.9. The molecule has 0 saturated carbocycles. The van der Waals surface area contributed by atoms with Crippen molar-refractivity contribution in [2.24, 2.45) is 5.73 Å². The molecular formula is C14H20N4O2. The molecule has 1 heterocycles. The molecule has 1 aromatic rings. The average molecular weight is 276 g/mol. The van der Waals surface area contributed by atoms with E-state index in [4.69, 9.17) is 11.5 Å². The molecule has 2 amide bonds. The lowest BCUT2D eigenvalue weighted by atomic mass is 9.95. The second kappa shape index (κ2) is 4.70. The van der Waals surface area contributed by atoms with Crippen LogP contribution in [-0.2, 0) is 4.79 Å². The normalized spacial score (nSPS) is 18.2. The molecule has 0 aliphatic carbocycles. The van der Waals surface area contributed by atoms with Crippen LogP contribution in [0.2, 0.25) is 0 Å². The second-order valence-corrected chi connectivity index (χ2v) is 5.54. The fourth-order valence-electron chi connectivity index (χ4n) is 2.64. The highest BCUT2D eigenvalue weighted by Crippen LogP contribution is 2.34. The highest BCUT2D eigenvalue weighted by atomic mass is 16.2. The molecule has 1 saturated heterocycles. The predicted octanol–water partition coefficient (Wildman–Crippen LogP) is 0.425. The Hall–Kier alpha value is -2.24. The first-order chi connectivity index (χ1) is 9.26. The average Bonchev–Trinajstić information content (AvgIpc) is 2.37. The summed E-state index contributed by atoms with van der Waals surface area (Å²) in [5.74, 6) is -0.546. The molecule has 2 rings (SSSR count). The van der Waals surface area contributed by atoms with Gasteiger partial charge in [0.25, 0.3) is 5.91 Å². The molecule has 6 nitrogen and oxygen atoms in total. The van der Waals surface area contributed by atoms with Crippen LogP contribution in [0.25, 0.3) is 0 Å². The van der Waals surface area contributed by atoms with E-state index < -0.39 is 11.4 Å². The Morgan fingerprint density at radius 3 is 2.55 bits per heavy atom. The molecule has 0 atom stereocenters. The monoisotopic (exact) mass is 276 g/mol. The Balaban J connectivity index is 2.49. The van der Waals surface area contributed by atoms with Crippen molar-refractivity contribution in [3.63, 3.8) is 0 Å². The van der Waals surface area contributed by atoms with E-state index in [0.29, 0.717) is 24.5 Å². The van der Waals surface area contributed by atoms with Gasteiger partial charge in [0.1, 0.15) is 5.54 Å². The number of hydrogen-bond acceptors (Lipinski definition) is 4. The third-order valence-corrected chi connectivity index (χ3v) is 3.84. The van der Waals surface area contributed by atoms with E-state index in [9.17, 15) is 9.59 Å². The van der Waals surface area contributed by atoms with Crippen molar-refractivity contribution in [2.75, 3.05) is 30.8 Å². The van der Waals surface area contributed by atoms with Gasteiger partial charge >= 0.3 is 0 Å². The molecule has 0 spiro atoms. The van der Waals surface area contributed by atoms with Crippen LogP contribution >= 0.6 is 0 Å². The zero-order chi connectivity index (χ0) is 15.1. The number of carbonyl (C=O) groups is 2. The fourth-order valence-corrected chi connectivity index (χ4v) is 2.64. The van der Waals surface area contributed by atoms with Gasteiger partial charge in [0.15, 0.2) is 0 Å². The summed E-state index contributed by atoms with van der Waals surface area (Å²) in [6.07, 6.45) is 0. The van der Waals surface area contributed by atoms with Crippen molar-refractivity contribution in [2.45, 2.75) is 19.4 Å². The maximum atomic E-state index is 12.3. The van der Waals surface area contributed by atoms with Crippen molar-refractivity contribution in [1.82, 2.24) is 4.90 Å². The summed E-state index contributed by atoms with van der Waals surface area (Å²) >= 11 is 0. The van der Waals surface area contributed by atoms with Gasteiger partial charge in [0, 0.05) is 20.1 Å². The van der Waals surface area contributed by atoms with E-state index in [1.165, 1.54) is 0 Å². The van der Waals surface area contributed by atoms with E-state index in [1.54, 1.807) is 24.1 Å². The van der Waals surface area contributed by atoms with E-state index in [-0.39, 0.29) is 11.5 Å². The molecule has 20 heavy (non-hydrogen) atoms. The number of nitrogens with two attached hydrogens (primary N) is 2. The molecule has 1 aliphatic rings. The number of nitrogens with zero attached hydrogens (tertiary/aromatic N) is 2. The Kier molecular flexibility index (Phi) is 3.33. The van der Waals surface area contributed by atoms with E-state index in [0.717, 1.165) is 0 Å². The Morgan fingerprint density at radius 2 is 1.95 bits per heavy atom. The number of likely N-dealkylation sites (N-methyl/N-ethyl adjacent to an activating group) is 1. The number of piperazine rings is 1. The molecular weight excluding hydrogens is 256 g/mol. The number of primary amides is 1. The number of carbonyl (C=O) groups excluding carboxylic acids is 2. The van der Waals surface area contributed by atoms with Crippen molar-refractivity contribution in [3.8, 4) is 0 Å². The highest BCUT2D eigenvalue weighted by Gasteiger charge is 2.41. The number of hydrogen-bond donors (Lipinski definition) is 2. The van der Waals surface area contributed by atoms with Crippen LogP contribution in [0.5, 0.6) is 0 Å². The summed E-state index contributed by atoms with van der Waals surface area (Å²) < 4.78 is 0. The van der Waals surface area contributed by atoms with Crippen molar-refractivity contribution < 1.29 is 9.59 Å². The topological polar surface area (TPSA) is 92.7 Å². The van der Waals surface area contributed by atoms with E-state index in [2.05, 4.69) is 0 Å². The van der Waals surface area contributed by atoms with Gasteiger partial charge in [-0.25, -0.2) is 0 Å². The van der Waals surface area contributed by atoms with Crippen LogP contribution in [0.3, 0.4) is 0 Å². The quantitative estimate of drug-likeness (QED) is 0.766. The summed E-state index contributed by atoms with van der Waals surface area (Å²) in [6.45, 7) is 4.97. The molecule has 108 valence electrons. The number of amides is 2. The Labute approximate surface area is 118 Å². The predicted molar refractivity (Wildman–Crippen MR) is 78.4 cm³/mol. The smallest absolute Gasteiger partial charge is 0.250 e. The number of nitrogen functional groups attached to an aromatic ring is 1. The van der Waals surface area contributed by atoms with Crippen LogP contribution in [0.4, 0.5) is 11.4 Å². The fraction of sp³-hybridized carbons (Fsp3) is 0.429. The molecule has 1 aliphatic heterocycles. The SMILES string of the molecule is CN1CCN(c2cccc(C(N)=O)c2N)C(C)(C)C1=O. The standard InChI is InChI=1S/C14H20N4O2/c1-14(2)13(20)17(3)7-8-18(14)10-6-4-5-9(11(10)15)12(16)19/h4-6H,7-8,15H2,1-3H3,(H2,16,19). The molecule has 0 unspecified atom stereocenters. The summed E-state index contributed by atoms with van der Waals surface area (Å²) in [7, 11) is 1.78. The van der Waals surface area contributed by atoms with Crippen molar-refractivity contribution >= 4 is 23.2 Å². The van der Waals surface area contributed by atoms with Crippen molar-refractivity contribution in [3.05, 3.63) is 23.8 Å². The number of anilines is 2. The molecule has 0 aromatic heterocycles. The van der Waals surface area contributed by atoms with Crippen LogP contribution in [0, 0.1) is 0 Å². The van der Waals surface area contributed by atoms with Crippen LogP contribution in [0.1, 0.15) is 24.2 Å². The molecule has 1 aromatic carbocycles. The van der Waals surface area contributed by atoms with Crippen LogP contribution < -0.4 is 16.4 Å². The summed E-state index contributed by atoms with van der Waals surface area (Å²) in [5, 5.41) is 0. The first-order valence-electron chi connectivity index (χ1n) is 6.48. The van der Waals surface area contributed by atoms with Gasteiger partial charge in [0.2, 0.25) is 5.91 Å². The zero-order valence-corrected chi connectivity index (χ0v) is 12.0. The Bertz CT molecular complexity index is 568. The minimum Gasteiger partial charge on any atom is -0.396 e. The summed E-state index contributed by atoms with van der Waals surface area (Å²) in [4.78, 5) is 27.3. The minimum absolute atomic E-state index is 0.0210. The van der Waals surface area contributed by atoms with Gasteiger partial charge in [-0.2, -0.15) is 0 Å². The third-order valence-electron chi connectivity index (χ3n) is 3.84. The lowest BCUT2D eigenvalue weighted by Gasteiger charge is -2.46. The summed E-state index contributed by atoms with van der Waals surface area (Å²) in [6, 6.07) is 5.12. The first kappa shape index (κ1) is 14.2. The van der Waals surface area contributed by atoms with Gasteiger partial charge in [-0.1, -0.05) is 6.07 Å². The molecule has 0 bridgehead atoms. The maximum Gasteiger partial charge on any atom is 0.250 e. The lowest BCUT2D eigenvalue weighted by molar-refractivity contribution is -0.136. The van der Waals surface area contributed by atoms with Gasteiger partial charge in [0.05, 0.1) is 16.9 Å². The second-order valence-electron chi connectivity index (χ2n) is 5.54. The Morgan fingerprint density at radius 1 is 1.30 bits per heavy atom. The number of benzene rings is 1. The van der Waals surface area contributed by atoms with Gasteiger partial charge < -0.3 is 21.3 Å². The minimum atomic E-state index is -0.711. The first-order valence-corrected chi connectivity index (χ1v) is 6.48. The number of rotatable bonds is 2. The van der Waals surface area contributed by atoms with Gasteiger partial charge in [-0.3, -0.25) is 9.59 Å². The van der Waals surface area contributed by atoms with Crippen LogP contribution in [0.15, 0.2) is 18.2 Å². The zero-order valence-electron chi connectivity index (χ0n) is 12.0. The van der Waals surface area contributed by atoms with E-state index in [1.807, 2.05) is 24.8 Å². The maximum absolute atomic E-state index is 12.3. The van der Waals surface area contributed by atoms with Crippen LogP contribution in [-0.4, -0.2) is 42.4 Å². The molecule has 1 fully saturated rings. The third kappa shape index (κ3) is 2.07. The molecule has 4 N–H and O–H groups in total. The number of para-hydroxylation sites is 1. The molecule has 6 heteroatoms. The molecule has 0 radical (unpaired) electrons.